The van der Waals surface area contributed by atoms with Crippen molar-refractivity contribution >= 4 is 29.8 Å². The van der Waals surface area contributed by atoms with Gasteiger partial charge in [0, 0.05) is 38.5 Å². The molecule has 0 aromatic rings. The summed E-state index contributed by atoms with van der Waals surface area (Å²) in [5.41, 5.74) is -6.81. The maximum Gasteiger partial charge on any atom is 0.342 e. The smallest absolute Gasteiger partial charge is 0.342 e. The van der Waals surface area contributed by atoms with Crippen LogP contribution in [0.5, 0.6) is 0 Å². The van der Waals surface area contributed by atoms with Gasteiger partial charge in [-0.05, 0) is 44.9 Å². The minimum Gasteiger partial charge on any atom is -0.459 e. The summed E-state index contributed by atoms with van der Waals surface area (Å²) in [6.45, 7) is 11.4. The summed E-state index contributed by atoms with van der Waals surface area (Å²) in [4.78, 5) is 63.7. The highest BCUT2D eigenvalue weighted by Crippen LogP contribution is 2.65. The zero-order chi connectivity index (χ0) is 33.7. The van der Waals surface area contributed by atoms with Crippen LogP contribution in [0, 0.1) is 11.3 Å². The van der Waals surface area contributed by atoms with E-state index in [9.17, 15) is 34.2 Å². The molecular formula is C32H44O13. The monoisotopic (exact) mass is 636 g/mol. The van der Waals surface area contributed by atoms with E-state index in [0.717, 1.165) is 33.6 Å². The van der Waals surface area contributed by atoms with Crippen LogP contribution in [-0.2, 0) is 52.4 Å². The van der Waals surface area contributed by atoms with Crippen LogP contribution in [0.15, 0.2) is 23.8 Å². The largest absolute Gasteiger partial charge is 0.459 e. The highest BCUT2D eigenvalue weighted by atomic mass is 16.7. The molecule has 0 bridgehead atoms. The van der Waals surface area contributed by atoms with Crippen molar-refractivity contribution in [2.75, 3.05) is 0 Å². The Kier molecular flexibility index (Phi) is 9.33. The number of unbranched alkanes of at least 4 members (excludes halogenated alkanes) is 2. The Labute approximate surface area is 262 Å². The van der Waals surface area contributed by atoms with Gasteiger partial charge in [-0.2, -0.15) is 0 Å². The molecule has 0 unspecified atom stereocenters. The van der Waals surface area contributed by atoms with Gasteiger partial charge in [0.05, 0.1) is 0 Å². The lowest BCUT2D eigenvalue weighted by Gasteiger charge is -2.55. The van der Waals surface area contributed by atoms with E-state index >= 15 is 0 Å². The quantitative estimate of drug-likeness (QED) is 0.130. The van der Waals surface area contributed by atoms with Crippen molar-refractivity contribution in [2.45, 2.75) is 135 Å². The Morgan fingerprint density at radius 3 is 2.09 bits per heavy atom. The zero-order valence-corrected chi connectivity index (χ0v) is 27.0. The predicted molar refractivity (Wildman–Crippen MR) is 154 cm³/mol. The first-order valence-corrected chi connectivity index (χ1v) is 15.3. The summed E-state index contributed by atoms with van der Waals surface area (Å²) in [5, 5.41) is 24.3. The molecule has 2 fully saturated rings. The number of hydrogen-bond donors (Lipinski definition) is 2. The second-order valence-electron chi connectivity index (χ2n) is 13.0. The van der Waals surface area contributed by atoms with Crippen molar-refractivity contribution < 1.29 is 62.6 Å². The SMILES string of the molecule is CCCCCC(=O)O[C@H]1/C(C)=C\[C@@H]2OC(=O)[C@]3(C)O[C@]23[C@@H](OC(C)=O)[C@H]2[C@](C)(O)[C@H](OC(C)=O)C=C[C@]2(C)[C@@H](OC(C)=O)[C@H]1O. The van der Waals surface area contributed by atoms with Crippen LogP contribution in [0.4, 0.5) is 0 Å². The van der Waals surface area contributed by atoms with Crippen LogP contribution in [0.1, 0.15) is 81.1 Å². The number of aliphatic hydroxyl groups is 2. The highest BCUT2D eigenvalue weighted by Gasteiger charge is 2.88. The number of rotatable bonds is 8. The number of carbonyl (C=O) groups is 5. The molecular weight excluding hydrogens is 592 g/mol. The molecule has 2 N–H and O–H groups in total. The van der Waals surface area contributed by atoms with Crippen molar-refractivity contribution in [2.24, 2.45) is 11.3 Å². The summed E-state index contributed by atoms with van der Waals surface area (Å²) in [6.07, 6.45) is -2.05. The average molecular weight is 637 g/mol. The normalized spacial score (nSPS) is 42.8. The molecule has 45 heavy (non-hydrogen) atoms. The van der Waals surface area contributed by atoms with E-state index in [2.05, 4.69) is 0 Å². The third kappa shape index (κ3) is 5.78. The Morgan fingerprint density at radius 1 is 0.933 bits per heavy atom. The van der Waals surface area contributed by atoms with Gasteiger partial charge in [-0.15, -0.1) is 0 Å². The fourth-order valence-corrected chi connectivity index (χ4v) is 7.42. The Bertz CT molecular complexity index is 1300. The van der Waals surface area contributed by atoms with E-state index in [-0.39, 0.29) is 12.0 Å². The van der Waals surface area contributed by atoms with Gasteiger partial charge in [0.2, 0.25) is 0 Å². The standard InChI is InChI=1S/C32H44O13/c1-9-10-11-12-22(36)44-24-16(2)15-21-32(31(8,45-32)28(38)43-21)27(42-19(5)35)25-29(6,26(23(24)37)41-18(4)34)14-13-20(30(25,7)39)40-17(3)33/h13-15,20-21,23-27,37,39H,9-12H2,1-8H3/b16-15-/t20-,21+,23+,24+,25-,26+,27+,29+,30-,31+,32+/m1/s1. The topological polar surface area (TPSA) is 184 Å². The van der Waals surface area contributed by atoms with Gasteiger partial charge in [-0.3, -0.25) is 19.2 Å². The first kappa shape index (κ1) is 34.6. The molecule has 13 nitrogen and oxygen atoms in total. The van der Waals surface area contributed by atoms with Crippen LogP contribution in [0.25, 0.3) is 0 Å². The van der Waals surface area contributed by atoms with Gasteiger partial charge in [0.25, 0.3) is 0 Å². The van der Waals surface area contributed by atoms with Gasteiger partial charge in [-0.25, -0.2) is 4.79 Å². The molecule has 0 aromatic heterocycles. The van der Waals surface area contributed by atoms with Gasteiger partial charge in [-0.1, -0.05) is 32.8 Å². The maximum atomic E-state index is 13.3. The molecule has 2 saturated heterocycles. The molecule has 2 aliphatic heterocycles. The molecule has 11 atom stereocenters. The van der Waals surface area contributed by atoms with E-state index in [1.165, 1.54) is 32.1 Å². The molecule has 0 saturated carbocycles. The Balaban J connectivity index is 2.01. The Hall–Kier alpha value is -3.29. The molecule has 250 valence electrons. The molecule has 1 spiro atoms. The maximum absolute atomic E-state index is 13.3. The molecule has 2 heterocycles. The number of esters is 5. The van der Waals surface area contributed by atoms with Gasteiger partial charge < -0.3 is 38.6 Å². The van der Waals surface area contributed by atoms with Crippen molar-refractivity contribution in [3.63, 3.8) is 0 Å². The first-order valence-electron chi connectivity index (χ1n) is 15.3. The van der Waals surface area contributed by atoms with Crippen LogP contribution in [0.3, 0.4) is 0 Å². The van der Waals surface area contributed by atoms with Gasteiger partial charge in [0.15, 0.2) is 23.4 Å². The molecule has 2 aliphatic carbocycles. The van der Waals surface area contributed by atoms with Crippen LogP contribution in [-0.4, -0.2) is 93.5 Å². The van der Waals surface area contributed by atoms with E-state index in [1.54, 1.807) is 13.8 Å². The van der Waals surface area contributed by atoms with Crippen LogP contribution in [0.2, 0.25) is 0 Å². The van der Waals surface area contributed by atoms with Crippen molar-refractivity contribution in [1.29, 1.82) is 0 Å². The molecule has 4 aliphatic rings. The fourth-order valence-electron chi connectivity index (χ4n) is 7.42. The first-order chi connectivity index (χ1) is 20.9. The summed E-state index contributed by atoms with van der Waals surface area (Å²) >= 11 is 0. The molecule has 0 amide bonds. The summed E-state index contributed by atoms with van der Waals surface area (Å²) in [7, 11) is 0. The van der Waals surface area contributed by atoms with E-state index in [1.807, 2.05) is 6.92 Å². The highest BCUT2D eigenvalue weighted by molar-refractivity contribution is 5.89. The third-order valence-electron chi connectivity index (χ3n) is 9.57. The van der Waals surface area contributed by atoms with Gasteiger partial charge in [0.1, 0.15) is 30.0 Å². The lowest BCUT2D eigenvalue weighted by Crippen LogP contribution is -2.69. The molecule has 4 rings (SSSR count). The molecule has 0 radical (unpaired) electrons. The fraction of sp³-hybridized carbons (Fsp3) is 0.719. The second kappa shape index (κ2) is 12.1. The molecule has 13 heteroatoms. The number of carbonyl (C=O) groups excluding carboxylic acids is 5. The van der Waals surface area contributed by atoms with Crippen molar-refractivity contribution in [3.8, 4) is 0 Å². The minimum absolute atomic E-state index is 0.0687. The summed E-state index contributed by atoms with van der Waals surface area (Å²) in [5.74, 6) is -5.05. The summed E-state index contributed by atoms with van der Waals surface area (Å²) in [6, 6.07) is 0. The van der Waals surface area contributed by atoms with Crippen LogP contribution < -0.4 is 0 Å². The molecule has 0 aromatic carbocycles. The Morgan fingerprint density at radius 2 is 1.53 bits per heavy atom. The van der Waals surface area contributed by atoms with Crippen molar-refractivity contribution in [3.05, 3.63) is 23.8 Å². The van der Waals surface area contributed by atoms with E-state index < -0.39 is 94.6 Å². The average Bonchev–Trinajstić information content (AvgIpc) is 3.51. The summed E-state index contributed by atoms with van der Waals surface area (Å²) < 4.78 is 34.9. The number of ether oxygens (including phenoxy) is 6. The van der Waals surface area contributed by atoms with Crippen molar-refractivity contribution in [1.82, 2.24) is 0 Å². The number of aliphatic hydroxyl groups excluding tert-OH is 1. The predicted octanol–water partition coefficient (Wildman–Crippen LogP) is 1.99. The zero-order valence-electron chi connectivity index (χ0n) is 27.0. The number of hydrogen-bond acceptors (Lipinski definition) is 13. The minimum atomic E-state index is -2.09. The van der Waals surface area contributed by atoms with Gasteiger partial charge >= 0.3 is 29.8 Å². The van der Waals surface area contributed by atoms with E-state index in [4.69, 9.17) is 28.4 Å². The second-order valence-corrected chi connectivity index (χ2v) is 13.0. The lowest BCUT2D eigenvalue weighted by atomic mass is 9.55. The lowest BCUT2D eigenvalue weighted by molar-refractivity contribution is -0.230. The van der Waals surface area contributed by atoms with Crippen LogP contribution >= 0.6 is 0 Å². The van der Waals surface area contributed by atoms with E-state index in [0.29, 0.717) is 6.42 Å². The number of epoxide rings is 1. The third-order valence-corrected chi connectivity index (χ3v) is 9.57. The number of fused-ring (bicyclic) bond motifs is 1.